The van der Waals surface area contributed by atoms with Crippen LogP contribution in [0, 0.1) is 0 Å². The predicted octanol–water partition coefficient (Wildman–Crippen LogP) is 3.88. The van der Waals surface area contributed by atoms with E-state index in [9.17, 15) is 9.59 Å². The lowest BCUT2D eigenvalue weighted by atomic mass is 10.2. The van der Waals surface area contributed by atoms with Crippen LogP contribution in [0.3, 0.4) is 0 Å². The molecule has 3 rings (SSSR count). The Kier molecular flexibility index (Phi) is 5.86. The number of ether oxygens (including phenoxy) is 2. The largest absolute Gasteiger partial charge is 0.495 e. The van der Waals surface area contributed by atoms with Gasteiger partial charge in [-0.3, -0.25) is 9.59 Å². The molecule has 1 fully saturated rings. The lowest BCUT2D eigenvalue weighted by Crippen LogP contribution is -2.34. The topological polar surface area (TPSA) is 67.9 Å². The molecule has 1 N–H and O–H groups in total. The van der Waals surface area contributed by atoms with E-state index in [4.69, 9.17) is 21.1 Å². The molecule has 2 aromatic carbocycles. The second-order valence-electron chi connectivity index (χ2n) is 6.16. The van der Waals surface area contributed by atoms with Gasteiger partial charge in [0, 0.05) is 5.02 Å². The van der Waals surface area contributed by atoms with Gasteiger partial charge in [-0.15, -0.1) is 0 Å². The van der Waals surface area contributed by atoms with E-state index in [1.54, 1.807) is 42.5 Å². The Morgan fingerprint density at radius 1 is 1.19 bits per heavy atom. The van der Waals surface area contributed by atoms with Crippen LogP contribution < -0.4 is 19.7 Å². The van der Waals surface area contributed by atoms with Crippen LogP contribution in [0.4, 0.5) is 11.4 Å². The molecule has 6 nitrogen and oxygen atoms in total. The van der Waals surface area contributed by atoms with Gasteiger partial charge in [-0.1, -0.05) is 18.5 Å². The molecule has 1 saturated heterocycles. The maximum atomic E-state index is 12.8. The zero-order valence-corrected chi connectivity index (χ0v) is 16.0. The van der Waals surface area contributed by atoms with Crippen LogP contribution in [-0.2, 0) is 9.59 Å². The molecule has 0 aliphatic carbocycles. The third-order valence-corrected chi connectivity index (χ3v) is 4.44. The van der Waals surface area contributed by atoms with Crippen molar-refractivity contribution in [1.82, 2.24) is 0 Å². The average Bonchev–Trinajstić information content (AvgIpc) is 2.94. The van der Waals surface area contributed by atoms with Crippen molar-refractivity contribution in [2.24, 2.45) is 0 Å². The summed E-state index contributed by atoms with van der Waals surface area (Å²) in [4.78, 5) is 26.4. The van der Waals surface area contributed by atoms with Crippen molar-refractivity contribution in [3.8, 4) is 11.5 Å². The van der Waals surface area contributed by atoms with Crippen LogP contribution in [0.5, 0.6) is 11.5 Å². The van der Waals surface area contributed by atoms with Gasteiger partial charge >= 0.3 is 0 Å². The molecule has 0 bridgehead atoms. The number of halogens is 1. The van der Waals surface area contributed by atoms with Crippen molar-refractivity contribution in [3.05, 3.63) is 47.5 Å². The molecule has 0 spiro atoms. The first-order chi connectivity index (χ1) is 13.0. The zero-order valence-electron chi connectivity index (χ0n) is 15.2. The smallest absolute Gasteiger partial charge is 0.256 e. The average molecular weight is 389 g/mol. The van der Waals surface area contributed by atoms with E-state index in [2.05, 4.69) is 5.32 Å². The number of imide groups is 1. The van der Waals surface area contributed by atoms with E-state index in [0.29, 0.717) is 34.5 Å². The van der Waals surface area contributed by atoms with Crippen molar-refractivity contribution < 1.29 is 19.1 Å². The number of hydrogen-bond acceptors (Lipinski definition) is 5. The number of carbonyl (C=O) groups excluding carboxylic acids is 2. The second-order valence-corrected chi connectivity index (χ2v) is 6.59. The summed E-state index contributed by atoms with van der Waals surface area (Å²) in [6, 6.07) is 11.3. The SMILES string of the molecule is CCCOc1ccc(N2C(=O)C[C@H](Nc3cc(Cl)ccc3OC)C2=O)cc1. The second kappa shape index (κ2) is 8.31. The third-order valence-electron chi connectivity index (χ3n) is 4.21. The number of nitrogens with zero attached hydrogens (tertiary/aromatic N) is 1. The fourth-order valence-corrected chi connectivity index (χ4v) is 3.08. The highest BCUT2D eigenvalue weighted by Crippen LogP contribution is 2.31. The lowest BCUT2D eigenvalue weighted by Gasteiger charge is -2.18. The van der Waals surface area contributed by atoms with E-state index in [-0.39, 0.29) is 18.2 Å². The first kappa shape index (κ1) is 19.0. The lowest BCUT2D eigenvalue weighted by molar-refractivity contribution is -0.121. The Balaban J connectivity index is 1.76. The van der Waals surface area contributed by atoms with Crippen LogP contribution in [0.2, 0.25) is 5.02 Å². The Morgan fingerprint density at radius 3 is 2.59 bits per heavy atom. The van der Waals surface area contributed by atoms with Crippen LogP contribution in [0.1, 0.15) is 19.8 Å². The van der Waals surface area contributed by atoms with E-state index in [1.165, 1.54) is 12.0 Å². The fraction of sp³-hybridized carbons (Fsp3) is 0.300. The van der Waals surface area contributed by atoms with Crippen LogP contribution in [-0.4, -0.2) is 31.6 Å². The van der Waals surface area contributed by atoms with Gasteiger partial charge in [0.25, 0.3) is 5.91 Å². The standard InChI is InChI=1S/C20H21ClN2O4/c1-3-10-27-15-7-5-14(6-8-15)23-19(24)12-17(20(23)25)22-16-11-13(21)4-9-18(16)26-2/h4-9,11,17,22H,3,10,12H2,1-2H3/t17-/m0/s1. The normalized spacial score (nSPS) is 16.6. The summed E-state index contributed by atoms with van der Waals surface area (Å²) in [5.74, 6) is 0.679. The summed E-state index contributed by atoms with van der Waals surface area (Å²) in [6.45, 7) is 2.65. The summed E-state index contributed by atoms with van der Waals surface area (Å²) in [7, 11) is 1.53. The number of rotatable bonds is 7. The molecule has 0 unspecified atom stereocenters. The third kappa shape index (κ3) is 4.17. The highest BCUT2D eigenvalue weighted by Gasteiger charge is 2.39. The van der Waals surface area contributed by atoms with Gasteiger partial charge in [-0.25, -0.2) is 4.90 Å². The summed E-state index contributed by atoms with van der Waals surface area (Å²) in [5, 5.41) is 3.58. The van der Waals surface area contributed by atoms with Gasteiger partial charge in [0.2, 0.25) is 5.91 Å². The molecule has 0 aromatic heterocycles. The van der Waals surface area contributed by atoms with E-state index in [0.717, 1.165) is 6.42 Å². The van der Waals surface area contributed by atoms with E-state index >= 15 is 0 Å². The Hall–Kier alpha value is -2.73. The van der Waals surface area contributed by atoms with Crippen LogP contribution in [0.25, 0.3) is 0 Å². The molecule has 0 radical (unpaired) electrons. The maximum Gasteiger partial charge on any atom is 0.256 e. The molecular formula is C20H21ClN2O4. The van der Waals surface area contributed by atoms with Crippen molar-refractivity contribution in [2.45, 2.75) is 25.8 Å². The van der Waals surface area contributed by atoms with E-state index in [1.807, 2.05) is 6.92 Å². The highest BCUT2D eigenvalue weighted by molar-refractivity contribution is 6.31. The molecule has 1 aliphatic heterocycles. The van der Waals surface area contributed by atoms with Crippen molar-refractivity contribution in [2.75, 3.05) is 23.9 Å². The predicted molar refractivity (Wildman–Crippen MR) is 105 cm³/mol. The molecule has 1 heterocycles. The number of methoxy groups -OCH3 is 1. The minimum atomic E-state index is -0.680. The summed E-state index contributed by atoms with van der Waals surface area (Å²) >= 11 is 6.03. The minimum absolute atomic E-state index is 0.0581. The molecule has 2 amide bonds. The minimum Gasteiger partial charge on any atom is -0.495 e. The first-order valence-corrected chi connectivity index (χ1v) is 9.11. The number of amides is 2. The van der Waals surface area contributed by atoms with Gasteiger partial charge < -0.3 is 14.8 Å². The quantitative estimate of drug-likeness (QED) is 0.729. The number of anilines is 2. The van der Waals surface area contributed by atoms with Crippen molar-refractivity contribution in [3.63, 3.8) is 0 Å². The molecule has 1 atom stereocenters. The van der Waals surface area contributed by atoms with Gasteiger partial charge in [0.05, 0.1) is 31.5 Å². The van der Waals surface area contributed by atoms with Gasteiger partial charge in [-0.2, -0.15) is 0 Å². The number of hydrogen-bond donors (Lipinski definition) is 1. The Morgan fingerprint density at radius 2 is 1.93 bits per heavy atom. The fourth-order valence-electron chi connectivity index (χ4n) is 2.91. The highest BCUT2D eigenvalue weighted by atomic mass is 35.5. The van der Waals surface area contributed by atoms with Crippen LogP contribution >= 0.6 is 11.6 Å². The van der Waals surface area contributed by atoms with Crippen LogP contribution in [0.15, 0.2) is 42.5 Å². The molecule has 0 saturated carbocycles. The summed E-state index contributed by atoms with van der Waals surface area (Å²) in [5.41, 5.74) is 1.09. The summed E-state index contributed by atoms with van der Waals surface area (Å²) < 4.78 is 10.8. The molecule has 27 heavy (non-hydrogen) atoms. The number of benzene rings is 2. The van der Waals surface area contributed by atoms with Crippen molar-refractivity contribution in [1.29, 1.82) is 0 Å². The van der Waals surface area contributed by atoms with Gasteiger partial charge in [0.1, 0.15) is 17.5 Å². The Labute approximate surface area is 163 Å². The number of nitrogens with one attached hydrogen (secondary N) is 1. The molecule has 7 heteroatoms. The first-order valence-electron chi connectivity index (χ1n) is 8.73. The maximum absolute atomic E-state index is 12.8. The molecule has 142 valence electrons. The van der Waals surface area contributed by atoms with Crippen molar-refractivity contribution >= 4 is 34.8 Å². The Bertz CT molecular complexity index is 838. The zero-order chi connectivity index (χ0) is 19.4. The monoisotopic (exact) mass is 388 g/mol. The van der Waals surface area contributed by atoms with Gasteiger partial charge in [0.15, 0.2) is 0 Å². The number of carbonyl (C=O) groups is 2. The molecule has 2 aromatic rings. The summed E-state index contributed by atoms with van der Waals surface area (Å²) in [6.07, 6.45) is 0.966. The van der Waals surface area contributed by atoms with Gasteiger partial charge in [-0.05, 0) is 48.9 Å². The molecule has 1 aliphatic rings. The molecular weight excluding hydrogens is 368 g/mol. The van der Waals surface area contributed by atoms with E-state index < -0.39 is 6.04 Å².